The third-order valence-corrected chi connectivity index (χ3v) is 13.5. The molecule has 0 radical (unpaired) electrons. The van der Waals surface area contributed by atoms with E-state index in [9.17, 15) is 32.4 Å². The zero-order valence-corrected chi connectivity index (χ0v) is 41.1. The number of carbonyl (C=O) groups excluding carboxylic acids is 5. The zero-order chi connectivity index (χ0) is 49.4. The number of benzene rings is 2. The fourth-order valence-corrected chi connectivity index (χ4v) is 9.93. The number of ether oxygens (including phenoxy) is 4. The maximum Gasteiger partial charge on any atom is 0.411 e. The summed E-state index contributed by atoms with van der Waals surface area (Å²) < 4.78 is 52.5. The van der Waals surface area contributed by atoms with E-state index in [2.05, 4.69) is 32.0 Å². The number of sulfonamides is 1. The maximum atomic E-state index is 14.5. The van der Waals surface area contributed by atoms with Crippen LogP contribution < -0.4 is 30.1 Å². The molecule has 4 amide bonds. The molecule has 1 aliphatic heterocycles. The molecule has 366 valence electrons. The van der Waals surface area contributed by atoms with Gasteiger partial charge in [0.05, 0.1) is 37.7 Å². The molecule has 4 N–H and O–H groups in total. The number of nitrogens with one attached hydrogen (secondary N) is 4. The van der Waals surface area contributed by atoms with E-state index in [0.717, 1.165) is 24.4 Å². The summed E-state index contributed by atoms with van der Waals surface area (Å²) in [6, 6.07) is 11.8. The van der Waals surface area contributed by atoms with E-state index in [1.54, 1.807) is 52.1 Å². The van der Waals surface area contributed by atoms with Crippen molar-refractivity contribution >= 4 is 72.9 Å². The Morgan fingerprint density at radius 1 is 0.971 bits per heavy atom. The Balaban J connectivity index is 1.18. The number of hydrogen-bond acceptors (Lipinski definition) is 15. The lowest BCUT2D eigenvalue weighted by atomic mass is 10.1. The number of para-hydroxylation sites is 1. The van der Waals surface area contributed by atoms with Crippen LogP contribution in [0.5, 0.6) is 11.5 Å². The normalized spacial score (nSPS) is 18.9. The van der Waals surface area contributed by atoms with E-state index in [1.807, 2.05) is 25.3 Å². The SMILES string of the molecule is C=CC1CC1(NC(=O)[C@@H]1C[C@@H](Oc2cc(-c3csc(NC(C)C)n3)nc3cc(OC)ccc23)CN1C(=O)OC(C)(C)C)C(=O)NS(=O)(=O)c1ccccc1NC(=O)CCCCCCCC(=O)OC. The number of rotatable bonds is 21. The van der Waals surface area contributed by atoms with Gasteiger partial charge in [-0.2, -0.15) is 0 Å². The maximum absolute atomic E-state index is 14.5. The number of likely N-dealkylation sites (tertiary alicyclic amines) is 1. The molecule has 18 nitrogen and oxygen atoms in total. The van der Waals surface area contributed by atoms with Crippen molar-refractivity contribution < 1.29 is 51.3 Å². The number of methoxy groups -OCH3 is 2. The summed E-state index contributed by atoms with van der Waals surface area (Å²) in [6.45, 7) is 12.9. The Hall–Kier alpha value is -6.28. The Kier molecular flexibility index (Phi) is 16.4. The van der Waals surface area contributed by atoms with Gasteiger partial charge in [0.2, 0.25) is 11.8 Å². The van der Waals surface area contributed by atoms with Crippen molar-refractivity contribution in [2.45, 2.75) is 127 Å². The second-order valence-electron chi connectivity index (χ2n) is 18.2. The summed E-state index contributed by atoms with van der Waals surface area (Å²) in [4.78, 5) is 77.2. The number of unbranched alkanes of at least 4 members (excludes halogenated alkanes) is 4. The van der Waals surface area contributed by atoms with E-state index in [0.29, 0.717) is 53.1 Å². The molecule has 1 saturated heterocycles. The highest BCUT2D eigenvalue weighted by Gasteiger charge is 2.61. The van der Waals surface area contributed by atoms with E-state index in [1.165, 1.54) is 47.6 Å². The van der Waals surface area contributed by atoms with Crippen LogP contribution in [0.15, 0.2) is 71.5 Å². The number of pyridine rings is 1. The summed E-state index contributed by atoms with van der Waals surface area (Å²) in [7, 11) is -1.71. The first-order valence-corrected chi connectivity index (χ1v) is 25.0. The van der Waals surface area contributed by atoms with Crippen molar-refractivity contribution in [3.63, 3.8) is 0 Å². The predicted octanol–water partition coefficient (Wildman–Crippen LogP) is 7.35. The highest BCUT2D eigenvalue weighted by molar-refractivity contribution is 7.90. The van der Waals surface area contributed by atoms with E-state index in [-0.39, 0.29) is 48.4 Å². The number of amides is 4. The van der Waals surface area contributed by atoms with Gasteiger partial charge >= 0.3 is 12.1 Å². The van der Waals surface area contributed by atoms with Crippen LogP contribution in [0, 0.1) is 5.92 Å². The molecule has 2 unspecified atom stereocenters. The van der Waals surface area contributed by atoms with Crippen LogP contribution in [0.2, 0.25) is 0 Å². The summed E-state index contributed by atoms with van der Waals surface area (Å²) in [5, 5.41) is 12.0. The molecule has 0 spiro atoms. The number of anilines is 2. The van der Waals surface area contributed by atoms with Crippen LogP contribution >= 0.6 is 11.3 Å². The van der Waals surface area contributed by atoms with Crippen molar-refractivity contribution in [1.29, 1.82) is 0 Å². The van der Waals surface area contributed by atoms with Gasteiger partial charge in [0.25, 0.3) is 15.9 Å². The molecule has 1 saturated carbocycles. The third-order valence-electron chi connectivity index (χ3n) is 11.4. The van der Waals surface area contributed by atoms with Crippen molar-refractivity contribution in [3.8, 4) is 22.9 Å². The van der Waals surface area contributed by atoms with Crippen LogP contribution in [0.1, 0.15) is 92.4 Å². The highest BCUT2D eigenvalue weighted by atomic mass is 32.2. The first kappa shape index (κ1) is 51.1. The second-order valence-corrected chi connectivity index (χ2v) is 20.7. The van der Waals surface area contributed by atoms with Gasteiger partial charge in [0, 0.05) is 54.1 Å². The zero-order valence-electron chi connectivity index (χ0n) is 39.5. The molecular weight excluding hydrogens is 915 g/mol. The van der Waals surface area contributed by atoms with Gasteiger partial charge in [-0.1, -0.05) is 37.5 Å². The number of aromatic nitrogens is 2. The monoisotopic (exact) mass is 975 g/mol. The first-order valence-electron chi connectivity index (χ1n) is 22.6. The van der Waals surface area contributed by atoms with E-state index < -0.39 is 63.0 Å². The molecule has 2 aromatic carbocycles. The molecule has 0 bridgehead atoms. The number of fused-ring (bicyclic) bond motifs is 1. The standard InChI is InChI=1S/C48H61N7O11S2/c1-9-30-26-48(30,44(59)54-68(61,62)40-18-16-15-17-34(40)51-41(56)19-13-11-10-12-14-20-42(57)64-8)53-43(58)38-24-32(27-55(38)46(60)66-47(4,5)6)65-39-25-36(37-28-67-45(52-37)49-29(2)3)50-35-23-31(63-7)21-22-33(35)39/h9,15-18,21-23,25,28-30,32,38H,1,10-14,19-20,24,26-27H2,2-8H3,(H,49,52)(H,51,56)(H,53,58)(H,54,59)/t30?,32-,38+,48?/m1/s1. The lowest BCUT2D eigenvalue weighted by molar-refractivity contribution is -0.140. The van der Waals surface area contributed by atoms with E-state index >= 15 is 0 Å². The predicted molar refractivity (Wildman–Crippen MR) is 258 cm³/mol. The molecule has 20 heteroatoms. The molecule has 6 rings (SSSR count). The summed E-state index contributed by atoms with van der Waals surface area (Å²) in [6.07, 6.45) is 3.97. The third kappa shape index (κ3) is 12.8. The first-order chi connectivity index (χ1) is 32.2. The Bertz CT molecular complexity index is 2630. The number of hydrogen-bond donors (Lipinski definition) is 4. The lowest BCUT2D eigenvalue weighted by Gasteiger charge is -2.29. The molecule has 2 aromatic heterocycles. The largest absolute Gasteiger partial charge is 0.497 e. The highest BCUT2D eigenvalue weighted by Crippen LogP contribution is 2.45. The summed E-state index contributed by atoms with van der Waals surface area (Å²) in [5.41, 5.74) is -0.979. The van der Waals surface area contributed by atoms with Gasteiger partial charge in [0.1, 0.15) is 45.4 Å². The fourth-order valence-electron chi connectivity index (χ4n) is 7.88. The topological polar surface area (TPSA) is 234 Å². The summed E-state index contributed by atoms with van der Waals surface area (Å²) >= 11 is 1.44. The molecule has 2 fully saturated rings. The van der Waals surface area contributed by atoms with Crippen LogP contribution in [0.3, 0.4) is 0 Å². The van der Waals surface area contributed by atoms with Crippen LogP contribution in [0.4, 0.5) is 15.6 Å². The van der Waals surface area contributed by atoms with Crippen molar-refractivity contribution in [2.75, 3.05) is 31.4 Å². The molecule has 2 aliphatic rings. The minimum Gasteiger partial charge on any atom is -0.497 e. The van der Waals surface area contributed by atoms with Gasteiger partial charge in [-0.05, 0) is 78.1 Å². The molecule has 4 aromatic rings. The van der Waals surface area contributed by atoms with Gasteiger partial charge in [-0.25, -0.2) is 27.9 Å². The van der Waals surface area contributed by atoms with Crippen molar-refractivity contribution in [3.05, 3.63) is 66.6 Å². The van der Waals surface area contributed by atoms with Crippen LogP contribution in [-0.2, 0) is 38.7 Å². The smallest absolute Gasteiger partial charge is 0.411 e. The van der Waals surface area contributed by atoms with Gasteiger partial charge in [-0.15, -0.1) is 17.9 Å². The lowest BCUT2D eigenvalue weighted by Crippen LogP contribution is -2.56. The molecular formula is C48H61N7O11S2. The van der Waals surface area contributed by atoms with Gasteiger partial charge < -0.3 is 34.9 Å². The molecule has 3 heterocycles. The molecule has 68 heavy (non-hydrogen) atoms. The number of nitrogens with zero attached hydrogens (tertiary/aromatic N) is 3. The number of esters is 1. The average molecular weight is 976 g/mol. The Labute approximate surface area is 401 Å². The van der Waals surface area contributed by atoms with Gasteiger partial charge in [0.15, 0.2) is 5.13 Å². The number of thiazole rings is 1. The van der Waals surface area contributed by atoms with Crippen LogP contribution in [0.25, 0.3) is 22.3 Å². The van der Waals surface area contributed by atoms with E-state index in [4.69, 9.17) is 24.2 Å². The molecule has 1 aliphatic carbocycles. The van der Waals surface area contributed by atoms with Crippen molar-refractivity contribution in [2.24, 2.45) is 5.92 Å². The Morgan fingerprint density at radius 2 is 1.69 bits per heavy atom. The summed E-state index contributed by atoms with van der Waals surface area (Å²) in [5.74, 6) is -2.08. The minimum atomic E-state index is -4.61. The van der Waals surface area contributed by atoms with Crippen LogP contribution in [-0.4, -0.2) is 103 Å². The average Bonchev–Trinajstić information content (AvgIpc) is 3.54. The minimum absolute atomic E-state index is 0.0171. The number of carbonyl (C=O) groups is 5. The van der Waals surface area contributed by atoms with Gasteiger partial charge in [-0.3, -0.25) is 24.1 Å². The second kappa shape index (κ2) is 21.8. The quantitative estimate of drug-likeness (QED) is 0.0363. The Morgan fingerprint density at radius 3 is 2.37 bits per heavy atom. The van der Waals surface area contributed by atoms with Crippen molar-refractivity contribution in [1.82, 2.24) is 24.9 Å². The fraction of sp³-hybridized carbons (Fsp3) is 0.479. The molecule has 4 atom stereocenters.